The van der Waals surface area contributed by atoms with Crippen LogP contribution in [0.3, 0.4) is 0 Å². The second kappa shape index (κ2) is 6.39. The van der Waals surface area contributed by atoms with Crippen molar-refractivity contribution < 1.29 is 9.47 Å². The van der Waals surface area contributed by atoms with E-state index in [1.54, 1.807) is 13.3 Å². The second-order valence-corrected chi connectivity index (χ2v) is 4.77. The van der Waals surface area contributed by atoms with Gasteiger partial charge in [0.25, 0.3) is 0 Å². The number of hydrogen-bond acceptors (Lipinski definition) is 4. The fourth-order valence-corrected chi connectivity index (χ4v) is 1.99. The van der Waals surface area contributed by atoms with Crippen LogP contribution in [0.4, 0.5) is 0 Å². The van der Waals surface area contributed by atoms with E-state index in [9.17, 15) is 0 Å². The predicted molar refractivity (Wildman–Crippen MR) is 78.9 cm³/mol. The summed E-state index contributed by atoms with van der Waals surface area (Å²) in [7, 11) is 1.61. The molecule has 20 heavy (non-hydrogen) atoms. The number of pyridine rings is 1. The minimum atomic E-state index is 0.0289. The van der Waals surface area contributed by atoms with Gasteiger partial charge in [0, 0.05) is 12.2 Å². The Labute approximate surface area is 119 Å². The molecular formula is C16H20N2O2. The molecule has 4 nitrogen and oxygen atoms in total. The number of ether oxygens (including phenoxy) is 2. The first kappa shape index (κ1) is 14.3. The van der Waals surface area contributed by atoms with E-state index in [4.69, 9.17) is 15.2 Å². The number of benzene rings is 1. The van der Waals surface area contributed by atoms with Gasteiger partial charge >= 0.3 is 0 Å². The quantitative estimate of drug-likeness (QED) is 0.909. The van der Waals surface area contributed by atoms with Gasteiger partial charge in [-0.2, -0.15) is 0 Å². The highest BCUT2D eigenvalue weighted by atomic mass is 16.5. The second-order valence-electron chi connectivity index (χ2n) is 4.77. The Morgan fingerprint density at radius 2 is 2.10 bits per heavy atom. The van der Waals surface area contributed by atoms with Gasteiger partial charge in [-0.3, -0.25) is 0 Å². The Balaban J connectivity index is 2.11. The Bertz CT molecular complexity index is 582. The van der Waals surface area contributed by atoms with Crippen molar-refractivity contribution in [3.05, 3.63) is 53.2 Å². The molecule has 0 fully saturated rings. The predicted octanol–water partition coefficient (Wildman–Crippen LogP) is 3.00. The molecule has 0 aliphatic carbocycles. The van der Waals surface area contributed by atoms with Gasteiger partial charge in [0.15, 0.2) is 0 Å². The molecule has 2 N–H and O–H groups in total. The summed E-state index contributed by atoms with van der Waals surface area (Å²) in [4.78, 5) is 4.15. The molecule has 0 amide bonds. The van der Waals surface area contributed by atoms with Crippen molar-refractivity contribution in [2.24, 2.45) is 5.73 Å². The van der Waals surface area contributed by atoms with E-state index in [1.165, 1.54) is 0 Å². The summed E-state index contributed by atoms with van der Waals surface area (Å²) in [6, 6.07) is 9.84. The normalized spacial score (nSPS) is 12.0. The molecule has 106 valence electrons. The Morgan fingerprint density at radius 3 is 2.75 bits per heavy atom. The zero-order valence-corrected chi connectivity index (χ0v) is 12.1. The molecule has 1 atom stereocenters. The molecule has 0 spiro atoms. The van der Waals surface area contributed by atoms with Crippen molar-refractivity contribution in [2.75, 3.05) is 7.11 Å². The number of methoxy groups -OCH3 is 1. The average Bonchev–Trinajstić information content (AvgIpc) is 2.46. The average molecular weight is 272 g/mol. The fourth-order valence-electron chi connectivity index (χ4n) is 1.99. The van der Waals surface area contributed by atoms with Crippen LogP contribution in [-0.2, 0) is 6.61 Å². The van der Waals surface area contributed by atoms with Crippen molar-refractivity contribution in [3.8, 4) is 11.6 Å². The number of hydrogen-bond donors (Lipinski definition) is 1. The molecule has 1 heterocycles. The maximum absolute atomic E-state index is 5.87. The number of aromatic nitrogens is 1. The van der Waals surface area contributed by atoms with E-state index in [1.807, 2.05) is 38.1 Å². The van der Waals surface area contributed by atoms with Gasteiger partial charge in [-0.05, 0) is 43.2 Å². The van der Waals surface area contributed by atoms with Crippen LogP contribution in [0.5, 0.6) is 11.6 Å². The van der Waals surface area contributed by atoms with E-state index in [0.717, 1.165) is 22.4 Å². The third-order valence-electron chi connectivity index (χ3n) is 3.15. The van der Waals surface area contributed by atoms with Crippen LogP contribution in [0.25, 0.3) is 0 Å². The summed E-state index contributed by atoms with van der Waals surface area (Å²) in [5.74, 6) is 1.44. The molecule has 0 radical (unpaired) electrons. The third-order valence-corrected chi connectivity index (χ3v) is 3.15. The lowest BCUT2D eigenvalue weighted by Crippen LogP contribution is -2.06. The van der Waals surface area contributed by atoms with Crippen LogP contribution < -0.4 is 15.2 Å². The van der Waals surface area contributed by atoms with Crippen molar-refractivity contribution in [1.29, 1.82) is 0 Å². The first-order valence-electron chi connectivity index (χ1n) is 6.58. The van der Waals surface area contributed by atoms with Crippen LogP contribution in [0, 0.1) is 6.92 Å². The molecule has 0 aliphatic heterocycles. The molecule has 0 saturated heterocycles. The van der Waals surface area contributed by atoms with Crippen molar-refractivity contribution in [2.45, 2.75) is 26.5 Å². The topological polar surface area (TPSA) is 57.4 Å². The Morgan fingerprint density at radius 1 is 1.30 bits per heavy atom. The summed E-state index contributed by atoms with van der Waals surface area (Å²) in [5, 5.41) is 0. The van der Waals surface area contributed by atoms with Gasteiger partial charge in [-0.25, -0.2) is 4.98 Å². The zero-order valence-electron chi connectivity index (χ0n) is 12.1. The largest absolute Gasteiger partial charge is 0.488 e. The van der Waals surface area contributed by atoms with Crippen LogP contribution >= 0.6 is 0 Å². The van der Waals surface area contributed by atoms with Crippen LogP contribution in [0.2, 0.25) is 0 Å². The number of nitrogens with two attached hydrogens (primary N) is 1. The van der Waals surface area contributed by atoms with Gasteiger partial charge < -0.3 is 15.2 Å². The third kappa shape index (κ3) is 3.27. The molecule has 0 unspecified atom stereocenters. The van der Waals surface area contributed by atoms with E-state index in [2.05, 4.69) is 11.1 Å². The highest BCUT2D eigenvalue weighted by Crippen LogP contribution is 2.24. The van der Waals surface area contributed by atoms with Gasteiger partial charge in [-0.1, -0.05) is 12.1 Å². The first-order valence-corrected chi connectivity index (χ1v) is 6.58. The molecular weight excluding hydrogens is 252 g/mol. The van der Waals surface area contributed by atoms with Crippen LogP contribution in [0.1, 0.15) is 29.7 Å². The van der Waals surface area contributed by atoms with E-state index < -0.39 is 0 Å². The maximum Gasteiger partial charge on any atom is 0.219 e. The zero-order chi connectivity index (χ0) is 14.5. The van der Waals surface area contributed by atoms with Gasteiger partial charge in [0.2, 0.25) is 5.88 Å². The smallest absolute Gasteiger partial charge is 0.219 e. The lowest BCUT2D eigenvalue weighted by molar-refractivity contribution is 0.292. The SMILES string of the molecule is COc1ncccc1COc1ccc([C@H](C)N)cc1C. The number of aryl methyl sites for hydroxylation is 1. The van der Waals surface area contributed by atoms with Crippen LogP contribution in [0.15, 0.2) is 36.5 Å². The molecule has 4 heteroatoms. The van der Waals surface area contributed by atoms with Gasteiger partial charge in [0.05, 0.1) is 12.7 Å². The van der Waals surface area contributed by atoms with E-state index >= 15 is 0 Å². The monoisotopic (exact) mass is 272 g/mol. The van der Waals surface area contributed by atoms with Crippen molar-refractivity contribution in [3.63, 3.8) is 0 Å². The molecule has 0 bridgehead atoms. The lowest BCUT2D eigenvalue weighted by Gasteiger charge is -2.13. The van der Waals surface area contributed by atoms with Gasteiger partial charge in [-0.15, -0.1) is 0 Å². The molecule has 0 aliphatic rings. The van der Waals surface area contributed by atoms with Crippen LogP contribution in [-0.4, -0.2) is 12.1 Å². The van der Waals surface area contributed by atoms with Crippen molar-refractivity contribution in [1.82, 2.24) is 4.98 Å². The summed E-state index contributed by atoms with van der Waals surface area (Å²) >= 11 is 0. The summed E-state index contributed by atoms with van der Waals surface area (Å²) in [6.45, 7) is 4.41. The summed E-state index contributed by atoms with van der Waals surface area (Å²) in [6.07, 6.45) is 1.70. The molecule has 1 aromatic heterocycles. The summed E-state index contributed by atoms with van der Waals surface area (Å²) < 4.78 is 11.0. The van der Waals surface area contributed by atoms with E-state index in [-0.39, 0.29) is 6.04 Å². The van der Waals surface area contributed by atoms with Crippen molar-refractivity contribution >= 4 is 0 Å². The summed E-state index contributed by atoms with van der Waals surface area (Å²) in [5.41, 5.74) is 8.97. The van der Waals surface area contributed by atoms with Gasteiger partial charge in [0.1, 0.15) is 12.4 Å². The number of nitrogens with zero attached hydrogens (tertiary/aromatic N) is 1. The standard InChI is InChI=1S/C16H20N2O2/c1-11-9-13(12(2)17)6-7-15(11)20-10-14-5-4-8-18-16(14)19-3/h4-9,12H,10,17H2,1-3H3/t12-/m0/s1. The minimum absolute atomic E-state index is 0.0289. The fraction of sp³-hybridized carbons (Fsp3) is 0.312. The highest BCUT2D eigenvalue weighted by Gasteiger charge is 2.07. The minimum Gasteiger partial charge on any atom is -0.488 e. The Hall–Kier alpha value is -2.07. The molecule has 0 saturated carbocycles. The Kier molecular flexibility index (Phi) is 4.58. The first-order chi connectivity index (χ1) is 9.61. The number of rotatable bonds is 5. The lowest BCUT2D eigenvalue weighted by atomic mass is 10.1. The molecule has 2 aromatic rings. The highest BCUT2D eigenvalue weighted by molar-refractivity contribution is 5.37. The molecule has 1 aromatic carbocycles. The van der Waals surface area contributed by atoms with E-state index in [0.29, 0.717) is 12.5 Å². The maximum atomic E-state index is 5.87. The molecule has 2 rings (SSSR count).